The van der Waals surface area contributed by atoms with Crippen molar-refractivity contribution in [1.82, 2.24) is 9.80 Å². The molecule has 5 nitrogen and oxygen atoms in total. The summed E-state index contributed by atoms with van der Waals surface area (Å²) in [5.74, 6) is -1.45. The SMILES string of the molecule is CN(CCC(C)(C)C)C(=O)C(=O)N(Cc1cccc(F)c1)CC1CCCO1. The van der Waals surface area contributed by atoms with E-state index < -0.39 is 11.8 Å². The van der Waals surface area contributed by atoms with Crippen LogP contribution in [-0.4, -0.2) is 54.5 Å². The number of hydrogen-bond acceptors (Lipinski definition) is 3. The first kappa shape index (κ1) is 21.4. The van der Waals surface area contributed by atoms with Crippen molar-refractivity contribution in [1.29, 1.82) is 0 Å². The highest BCUT2D eigenvalue weighted by Gasteiger charge is 2.29. The summed E-state index contributed by atoms with van der Waals surface area (Å²) in [6.45, 7) is 8.01. The Morgan fingerprint density at radius 1 is 1.26 bits per heavy atom. The van der Waals surface area contributed by atoms with Gasteiger partial charge >= 0.3 is 11.8 Å². The predicted molar refractivity (Wildman–Crippen MR) is 103 cm³/mol. The van der Waals surface area contributed by atoms with Gasteiger partial charge in [0.2, 0.25) is 0 Å². The molecule has 1 atom stereocenters. The smallest absolute Gasteiger partial charge is 0.312 e. The molecule has 1 aromatic rings. The molecule has 6 heteroatoms. The highest BCUT2D eigenvalue weighted by atomic mass is 19.1. The number of rotatable bonds is 6. The van der Waals surface area contributed by atoms with E-state index in [0.29, 0.717) is 25.3 Å². The molecule has 1 heterocycles. The fourth-order valence-corrected chi connectivity index (χ4v) is 3.01. The molecule has 1 aromatic carbocycles. The lowest BCUT2D eigenvalue weighted by Gasteiger charge is -2.28. The summed E-state index contributed by atoms with van der Waals surface area (Å²) < 4.78 is 19.2. The lowest BCUT2D eigenvalue weighted by atomic mass is 9.92. The second-order valence-corrected chi connectivity index (χ2v) is 8.49. The number of amides is 2. The van der Waals surface area contributed by atoms with E-state index in [-0.39, 0.29) is 23.9 Å². The molecule has 0 saturated carbocycles. The summed E-state index contributed by atoms with van der Waals surface area (Å²) in [5.41, 5.74) is 0.739. The van der Waals surface area contributed by atoms with E-state index in [2.05, 4.69) is 20.8 Å². The summed E-state index contributed by atoms with van der Waals surface area (Å²) in [6.07, 6.45) is 2.54. The molecule has 1 unspecified atom stereocenters. The molecular weight excluding hydrogens is 347 g/mol. The highest BCUT2D eigenvalue weighted by Crippen LogP contribution is 2.19. The second-order valence-electron chi connectivity index (χ2n) is 8.49. The van der Waals surface area contributed by atoms with Gasteiger partial charge < -0.3 is 14.5 Å². The number of carbonyl (C=O) groups excluding carboxylic acids is 2. The monoisotopic (exact) mass is 378 g/mol. The molecule has 1 saturated heterocycles. The number of nitrogens with zero attached hydrogens (tertiary/aromatic N) is 2. The van der Waals surface area contributed by atoms with Crippen molar-refractivity contribution in [3.63, 3.8) is 0 Å². The molecular formula is C21H31FN2O3. The minimum Gasteiger partial charge on any atom is -0.376 e. The van der Waals surface area contributed by atoms with Gasteiger partial charge in [-0.1, -0.05) is 32.9 Å². The average Bonchev–Trinajstić information content (AvgIpc) is 3.10. The molecule has 0 aliphatic carbocycles. The third kappa shape index (κ3) is 6.94. The summed E-state index contributed by atoms with van der Waals surface area (Å²) in [6, 6.07) is 6.12. The van der Waals surface area contributed by atoms with Gasteiger partial charge in [-0.3, -0.25) is 9.59 Å². The second kappa shape index (κ2) is 9.31. The minimum absolute atomic E-state index is 0.0739. The van der Waals surface area contributed by atoms with Gasteiger partial charge in [0, 0.05) is 33.3 Å². The van der Waals surface area contributed by atoms with Crippen molar-refractivity contribution in [2.75, 3.05) is 26.7 Å². The van der Waals surface area contributed by atoms with Crippen LogP contribution in [0.5, 0.6) is 0 Å². The van der Waals surface area contributed by atoms with E-state index in [1.165, 1.54) is 21.9 Å². The molecule has 0 bridgehead atoms. The molecule has 2 amide bonds. The molecule has 0 aromatic heterocycles. The molecule has 0 N–H and O–H groups in total. The zero-order chi connectivity index (χ0) is 20.0. The van der Waals surface area contributed by atoms with Gasteiger partial charge in [-0.15, -0.1) is 0 Å². The molecule has 0 spiro atoms. The van der Waals surface area contributed by atoms with Crippen LogP contribution < -0.4 is 0 Å². The van der Waals surface area contributed by atoms with Crippen LogP contribution in [0.25, 0.3) is 0 Å². The number of ether oxygens (including phenoxy) is 1. The van der Waals surface area contributed by atoms with Crippen molar-refractivity contribution >= 4 is 11.8 Å². The van der Waals surface area contributed by atoms with E-state index in [4.69, 9.17) is 4.74 Å². The van der Waals surface area contributed by atoms with Gasteiger partial charge in [-0.05, 0) is 42.4 Å². The van der Waals surface area contributed by atoms with Crippen LogP contribution in [-0.2, 0) is 20.9 Å². The van der Waals surface area contributed by atoms with E-state index in [1.54, 1.807) is 19.2 Å². The number of hydrogen-bond donors (Lipinski definition) is 0. The summed E-state index contributed by atoms with van der Waals surface area (Å²) in [7, 11) is 1.65. The van der Waals surface area contributed by atoms with Gasteiger partial charge in [0.05, 0.1) is 6.10 Å². The van der Waals surface area contributed by atoms with Crippen molar-refractivity contribution in [3.8, 4) is 0 Å². The third-order valence-corrected chi connectivity index (χ3v) is 4.72. The first-order valence-electron chi connectivity index (χ1n) is 9.56. The Hall–Kier alpha value is -1.95. The van der Waals surface area contributed by atoms with E-state index in [1.807, 2.05) is 0 Å². The highest BCUT2D eigenvalue weighted by molar-refractivity contribution is 6.34. The summed E-state index contributed by atoms with van der Waals surface area (Å²) >= 11 is 0. The van der Waals surface area contributed by atoms with Crippen LogP contribution in [0.4, 0.5) is 4.39 Å². The Labute approximate surface area is 161 Å². The van der Waals surface area contributed by atoms with Gasteiger partial charge in [0.15, 0.2) is 0 Å². The van der Waals surface area contributed by atoms with Crippen molar-refractivity contribution in [3.05, 3.63) is 35.6 Å². The first-order chi connectivity index (χ1) is 12.7. The summed E-state index contributed by atoms with van der Waals surface area (Å²) in [4.78, 5) is 28.5. The Balaban J connectivity index is 2.08. The van der Waals surface area contributed by atoms with E-state index in [9.17, 15) is 14.0 Å². The zero-order valence-corrected chi connectivity index (χ0v) is 16.8. The molecule has 27 heavy (non-hydrogen) atoms. The van der Waals surface area contributed by atoms with Gasteiger partial charge in [0.1, 0.15) is 5.82 Å². The Kier molecular flexibility index (Phi) is 7.36. The van der Waals surface area contributed by atoms with E-state index in [0.717, 1.165) is 19.3 Å². The van der Waals surface area contributed by atoms with Crippen molar-refractivity contribution < 1.29 is 18.7 Å². The molecule has 1 fully saturated rings. The maximum absolute atomic E-state index is 13.5. The number of likely N-dealkylation sites (N-methyl/N-ethyl adjacent to an activating group) is 1. The molecule has 2 rings (SSSR count). The standard InChI is InChI=1S/C21H31FN2O3/c1-21(2,3)10-11-23(4)19(25)20(26)24(15-18-9-6-12-27-18)14-16-7-5-8-17(22)13-16/h5,7-8,13,18H,6,9-12,14-15H2,1-4H3. The van der Waals surface area contributed by atoms with Crippen LogP contribution in [0.1, 0.15) is 45.6 Å². The fraction of sp³-hybridized carbons (Fsp3) is 0.619. The van der Waals surface area contributed by atoms with Crippen LogP contribution in [0, 0.1) is 11.2 Å². The number of carbonyl (C=O) groups is 2. The largest absolute Gasteiger partial charge is 0.376 e. The van der Waals surface area contributed by atoms with Crippen molar-refractivity contribution in [2.24, 2.45) is 5.41 Å². The number of benzene rings is 1. The average molecular weight is 378 g/mol. The Morgan fingerprint density at radius 3 is 2.59 bits per heavy atom. The Morgan fingerprint density at radius 2 is 2.00 bits per heavy atom. The number of halogens is 1. The van der Waals surface area contributed by atoms with Crippen LogP contribution in [0.3, 0.4) is 0 Å². The minimum atomic E-state index is -0.564. The molecule has 0 radical (unpaired) electrons. The van der Waals surface area contributed by atoms with Crippen LogP contribution in [0.2, 0.25) is 0 Å². The van der Waals surface area contributed by atoms with Crippen LogP contribution >= 0.6 is 0 Å². The third-order valence-electron chi connectivity index (χ3n) is 4.72. The van der Waals surface area contributed by atoms with Gasteiger partial charge in [0.25, 0.3) is 0 Å². The quantitative estimate of drug-likeness (QED) is 0.714. The molecule has 1 aliphatic rings. The van der Waals surface area contributed by atoms with Gasteiger partial charge in [-0.25, -0.2) is 4.39 Å². The zero-order valence-electron chi connectivity index (χ0n) is 16.8. The van der Waals surface area contributed by atoms with Crippen LogP contribution in [0.15, 0.2) is 24.3 Å². The first-order valence-corrected chi connectivity index (χ1v) is 9.56. The van der Waals surface area contributed by atoms with Gasteiger partial charge in [-0.2, -0.15) is 0 Å². The molecule has 1 aliphatic heterocycles. The lowest BCUT2D eigenvalue weighted by molar-refractivity contribution is -0.152. The fourth-order valence-electron chi connectivity index (χ4n) is 3.01. The van der Waals surface area contributed by atoms with Crippen molar-refractivity contribution in [2.45, 2.75) is 52.7 Å². The maximum Gasteiger partial charge on any atom is 0.312 e. The lowest BCUT2D eigenvalue weighted by Crippen LogP contribution is -2.46. The summed E-state index contributed by atoms with van der Waals surface area (Å²) in [5, 5.41) is 0. The predicted octanol–water partition coefficient (Wildman–Crippen LogP) is 3.23. The normalized spacial score (nSPS) is 17.0. The topological polar surface area (TPSA) is 49.9 Å². The maximum atomic E-state index is 13.5. The van der Waals surface area contributed by atoms with E-state index >= 15 is 0 Å². The molecule has 150 valence electrons. The Bertz CT molecular complexity index is 651.